The van der Waals surface area contributed by atoms with Crippen molar-refractivity contribution in [1.29, 1.82) is 5.26 Å². The number of alkyl halides is 1. The lowest BCUT2D eigenvalue weighted by Crippen LogP contribution is -2.17. The van der Waals surface area contributed by atoms with Gasteiger partial charge in [-0.25, -0.2) is 12.8 Å². The molecule has 0 radical (unpaired) electrons. The van der Waals surface area contributed by atoms with Gasteiger partial charge in [-0.05, 0) is 36.8 Å². The number of aryl methyl sites for hydroxylation is 1. The molecular weight excluding hydrogens is 315 g/mol. The van der Waals surface area contributed by atoms with Crippen LogP contribution in [0.2, 0.25) is 0 Å². The van der Waals surface area contributed by atoms with E-state index in [1.54, 1.807) is 12.1 Å². The monoisotopic (exact) mass is 330 g/mol. The van der Waals surface area contributed by atoms with E-state index < -0.39 is 22.2 Å². The van der Waals surface area contributed by atoms with Crippen molar-refractivity contribution in [3.05, 3.63) is 65.2 Å². The van der Waals surface area contributed by atoms with Crippen LogP contribution >= 0.6 is 0 Å². The van der Waals surface area contributed by atoms with Crippen LogP contribution in [-0.2, 0) is 10.0 Å². The van der Waals surface area contributed by atoms with Gasteiger partial charge in [0.05, 0.1) is 22.6 Å². The molecule has 0 aromatic heterocycles. The number of nitrogens with zero attached hydrogens (tertiary/aromatic N) is 2. The van der Waals surface area contributed by atoms with Crippen molar-refractivity contribution >= 4 is 10.0 Å². The maximum absolute atomic E-state index is 14.5. The number of sulfonamides is 1. The molecule has 0 bridgehead atoms. The summed E-state index contributed by atoms with van der Waals surface area (Å²) in [5.41, 5.74) is 1.80. The molecule has 118 valence electrons. The van der Waals surface area contributed by atoms with Crippen LogP contribution in [0.4, 0.5) is 4.39 Å². The summed E-state index contributed by atoms with van der Waals surface area (Å²) in [4.78, 5) is 0.178. The molecule has 0 spiro atoms. The minimum Gasteiger partial charge on any atom is -0.240 e. The van der Waals surface area contributed by atoms with Crippen LogP contribution in [0.15, 0.2) is 53.4 Å². The van der Waals surface area contributed by atoms with Crippen molar-refractivity contribution in [2.75, 3.05) is 6.54 Å². The summed E-state index contributed by atoms with van der Waals surface area (Å²) in [5.74, 6) is 0. The van der Waals surface area contributed by atoms with Crippen molar-refractivity contribution < 1.29 is 12.8 Å². The molecule has 23 heavy (non-hydrogen) atoms. The Morgan fingerprint density at radius 2 is 1.78 bits per heavy atom. The first-order valence-electron chi connectivity index (χ1n) is 7.16. The van der Waals surface area contributed by atoms with E-state index in [-0.39, 0.29) is 11.4 Å². The summed E-state index contributed by atoms with van der Waals surface area (Å²) in [6.45, 7) is 2.04. The minimum absolute atomic E-state index is 0.164. The van der Waals surface area contributed by atoms with Crippen LogP contribution in [0.1, 0.15) is 22.9 Å². The van der Waals surface area contributed by atoms with Crippen LogP contribution in [0.3, 0.4) is 0 Å². The van der Waals surface area contributed by atoms with E-state index in [0.717, 1.165) is 5.56 Å². The van der Waals surface area contributed by atoms with E-state index in [1.165, 1.54) is 40.7 Å². The van der Waals surface area contributed by atoms with Gasteiger partial charge in [0, 0.05) is 6.54 Å². The highest BCUT2D eigenvalue weighted by molar-refractivity contribution is 7.89. The maximum atomic E-state index is 14.5. The normalized spacial score (nSPS) is 21.4. The molecule has 2 aromatic rings. The SMILES string of the molecule is Cc1ccc(S(=O)(=O)N2C[C@H]2[C@@H](F)c2ccc(C#N)cc2)cc1. The summed E-state index contributed by atoms with van der Waals surface area (Å²) >= 11 is 0. The van der Waals surface area contributed by atoms with Gasteiger partial charge in [0.25, 0.3) is 0 Å². The van der Waals surface area contributed by atoms with Gasteiger partial charge in [-0.2, -0.15) is 9.57 Å². The second-order valence-electron chi connectivity index (χ2n) is 5.59. The van der Waals surface area contributed by atoms with Gasteiger partial charge < -0.3 is 0 Å². The zero-order valence-corrected chi connectivity index (χ0v) is 13.3. The number of rotatable bonds is 4. The van der Waals surface area contributed by atoms with Crippen molar-refractivity contribution in [3.8, 4) is 6.07 Å². The molecule has 1 saturated heterocycles. The summed E-state index contributed by atoms with van der Waals surface area (Å²) in [5, 5.41) is 8.75. The lowest BCUT2D eigenvalue weighted by atomic mass is 10.1. The van der Waals surface area contributed by atoms with Crippen molar-refractivity contribution in [1.82, 2.24) is 4.31 Å². The zero-order chi connectivity index (χ0) is 16.6. The van der Waals surface area contributed by atoms with E-state index in [9.17, 15) is 12.8 Å². The topological polar surface area (TPSA) is 60.9 Å². The summed E-state index contributed by atoms with van der Waals surface area (Å²) in [7, 11) is -3.66. The van der Waals surface area contributed by atoms with Gasteiger partial charge in [0.2, 0.25) is 10.0 Å². The molecule has 1 heterocycles. The summed E-state index contributed by atoms with van der Waals surface area (Å²) < 4.78 is 40.6. The fourth-order valence-electron chi connectivity index (χ4n) is 2.46. The smallest absolute Gasteiger partial charge is 0.240 e. The van der Waals surface area contributed by atoms with E-state index in [0.29, 0.717) is 11.1 Å². The molecule has 0 amide bonds. The Morgan fingerprint density at radius 3 is 2.35 bits per heavy atom. The lowest BCUT2D eigenvalue weighted by Gasteiger charge is -2.10. The molecule has 0 saturated carbocycles. The molecule has 1 fully saturated rings. The fraction of sp³-hybridized carbons (Fsp3) is 0.235. The van der Waals surface area contributed by atoms with E-state index >= 15 is 0 Å². The first-order chi connectivity index (χ1) is 10.9. The van der Waals surface area contributed by atoms with Crippen LogP contribution in [0, 0.1) is 18.3 Å². The Hall–Kier alpha value is -2.23. The van der Waals surface area contributed by atoms with Crippen LogP contribution in [0.5, 0.6) is 0 Å². The third-order valence-corrected chi connectivity index (χ3v) is 5.83. The number of hydrogen-bond donors (Lipinski definition) is 0. The molecule has 6 heteroatoms. The second-order valence-corrected chi connectivity index (χ2v) is 7.48. The zero-order valence-electron chi connectivity index (χ0n) is 12.5. The molecule has 1 unspecified atom stereocenters. The molecule has 0 N–H and O–H groups in total. The quantitative estimate of drug-likeness (QED) is 0.810. The Kier molecular flexibility index (Phi) is 3.92. The average Bonchev–Trinajstić information content (AvgIpc) is 3.36. The van der Waals surface area contributed by atoms with Gasteiger partial charge in [0.15, 0.2) is 0 Å². The fourth-order valence-corrected chi connectivity index (χ4v) is 4.02. The Labute approximate surface area is 134 Å². The molecule has 0 aliphatic carbocycles. The maximum Gasteiger partial charge on any atom is 0.243 e. The highest BCUT2D eigenvalue weighted by Crippen LogP contribution is 2.38. The highest BCUT2D eigenvalue weighted by Gasteiger charge is 2.49. The molecule has 3 rings (SSSR count). The number of hydrogen-bond acceptors (Lipinski definition) is 3. The lowest BCUT2D eigenvalue weighted by molar-refractivity contribution is 0.321. The van der Waals surface area contributed by atoms with Crippen LogP contribution in [-0.4, -0.2) is 25.3 Å². The predicted molar refractivity (Wildman–Crippen MR) is 83.9 cm³/mol. The Balaban J connectivity index is 1.77. The largest absolute Gasteiger partial charge is 0.243 e. The summed E-state index contributed by atoms with van der Waals surface area (Å²) in [6, 6.07) is 13.9. The molecule has 1 aliphatic heterocycles. The Morgan fingerprint density at radius 1 is 1.17 bits per heavy atom. The number of benzene rings is 2. The third-order valence-electron chi connectivity index (χ3n) is 3.93. The first-order valence-corrected chi connectivity index (χ1v) is 8.60. The number of nitriles is 1. The molecule has 3 atom stereocenters. The first kappa shape index (κ1) is 15.7. The molecule has 2 aromatic carbocycles. The van der Waals surface area contributed by atoms with E-state index in [1.807, 2.05) is 13.0 Å². The van der Waals surface area contributed by atoms with Gasteiger partial charge in [-0.15, -0.1) is 0 Å². The molecule has 1 aliphatic rings. The van der Waals surface area contributed by atoms with E-state index in [2.05, 4.69) is 0 Å². The number of halogens is 1. The minimum atomic E-state index is -3.66. The second kappa shape index (κ2) is 5.76. The summed E-state index contributed by atoms with van der Waals surface area (Å²) in [6.07, 6.45) is -1.40. The van der Waals surface area contributed by atoms with Crippen molar-refractivity contribution in [2.45, 2.75) is 24.0 Å². The van der Waals surface area contributed by atoms with Gasteiger partial charge in [-0.1, -0.05) is 29.8 Å². The predicted octanol–water partition coefficient (Wildman–Crippen LogP) is 2.95. The van der Waals surface area contributed by atoms with Gasteiger partial charge in [-0.3, -0.25) is 0 Å². The van der Waals surface area contributed by atoms with Crippen LogP contribution < -0.4 is 0 Å². The van der Waals surface area contributed by atoms with Gasteiger partial charge >= 0.3 is 0 Å². The van der Waals surface area contributed by atoms with Crippen molar-refractivity contribution in [3.63, 3.8) is 0 Å². The molecular formula is C17H15FN2O2S. The third kappa shape index (κ3) is 2.98. The van der Waals surface area contributed by atoms with E-state index in [4.69, 9.17) is 5.26 Å². The van der Waals surface area contributed by atoms with Crippen molar-refractivity contribution in [2.24, 2.45) is 0 Å². The Bertz CT molecular complexity index is 855. The average molecular weight is 330 g/mol. The highest BCUT2D eigenvalue weighted by atomic mass is 32.2. The molecule has 4 nitrogen and oxygen atoms in total. The van der Waals surface area contributed by atoms with Gasteiger partial charge in [0.1, 0.15) is 6.17 Å². The standard InChI is InChI=1S/C17H15FN2O2S/c1-12-2-8-15(9-3-12)23(21,22)20-11-16(20)17(18)14-6-4-13(10-19)5-7-14/h2-9,16-17H,11H2,1H3/t16-,17-,20?/m0/s1. The van der Waals surface area contributed by atoms with Crippen LogP contribution in [0.25, 0.3) is 0 Å².